The molecule has 0 amide bonds. The Bertz CT molecular complexity index is 1160. The molecule has 3 nitrogen and oxygen atoms in total. The highest BCUT2D eigenvalue weighted by atomic mass is 19.1. The van der Waals surface area contributed by atoms with Crippen molar-refractivity contribution in [1.82, 2.24) is 9.88 Å². The topological polar surface area (TPSA) is 34.0 Å². The van der Waals surface area contributed by atoms with Crippen molar-refractivity contribution in [3.05, 3.63) is 112 Å². The average Bonchev–Trinajstić information content (AvgIpc) is 2.73. The SMILES string of the molecule is CC(NCc1ccc(=O)n(-c2ccc(F)cc2)c1)c1cccc2ccccc12. The van der Waals surface area contributed by atoms with Gasteiger partial charge in [-0.2, -0.15) is 0 Å². The zero-order valence-electron chi connectivity index (χ0n) is 15.6. The summed E-state index contributed by atoms with van der Waals surface area (Å²) in [6.45, 7) is 2.75. The largest absolute Gasteiger partial charge is 0.306 e. The third-order valence-corrected chi connectivity index (χ3v) is 4.98. The summed E-state index contributed by atoms with van der Waals surface area (Å²) in [4.78, 5) is 12.2. The van der Waals surface area contributed by atoms with Gasteiger partial charge >= 0.3 is 0 Å². The van der Waals surface area contributed by atoms with Gasteiger partial charge in [-0.1, -0.05) is 48.5 Å². The van der Waals surface area contributed by atoms with Crippen molar-refractivity contribution in [2.75, 3.05) is 0 Å². The van der Waals surface area contributed by atoms with E-state index in [1.807, 2.05) is 12.1 Å². The molecule has 0 aliphatic heterocycles. The van der Waals surface area contributed by atoms with Gasteiger partial charge in [-0.15, -0.1) is 0 Å². The monoisotopic (exact) mass is 372 g/mol. The van der Waals surface area contributed by atoms with Crippen LogP contribution >= 0.6 is 0 Å². The predicted molar refractivity (Wildman–Crippen MR) is 111 cm³/mol. The first-order valence-electron chi connectivity index (χ1n) is 9.30. The minimum Gasteiger partial charge on any atom is -0.306 e. The van der Waals surface area contributed by atoms with Gasteiger partial charge in [0.25, 0.3) is 5.56 Å². The first kappa shape index (κ1) is 18.1. The van der Waals surface area contributed by atoms with Crippen LogP contribution in [0.2, 0.25) is 0 Å². The second-order valence-corrected chi connectivity index (χ2v) is 6.89. The molecule has 1 aromatic heterocycles. The van der Waals surface area contributed by atoms with Crippen LogP contribution in [0, 0.1) is 5.82 Å². The van der Waals surface area contributed by atoms with E-state index in [4.69, 9.17) is 0 Å². The minimum atomic E-state index is -0.321. The molecule has 0 fully saturated rings. The van der Waals surface area contributed by atoms with Crippen LogP contribution in [0.3, 0.4) is 0 Å². The molecule has 4 rings (SSSR count). The van der Waals surface area contributed by atoms with E-state index >= 15 is 0 Å². The quantitative estimate of drug-likeness (QED) is 0.536. The Labute approximate surface area is 163 Å². The van der Waals surface area contributed by atoms with Crippen LogP contribution in [0.4, 0.5) is 4.39 Å². The Morgan fingerprint density at radius 3 is 2.50 bits per heavy atom. The van der Waals surface area contributed by atoms with E-state index < -0.39 is 0 Å². The Hall–Kier alpha value is -3.24. The van der Waals surface area contributed by atoms with Crippen LogP contribution in [-0.4, -0.2) is 4.57 Å². The van der Waals surface area contributed by atoms with Gasteiger partial charge in [0.2, 0.25) is 0 Å². The van der Waals surface area contributed by atoms with E-state index in [1.54, 1.807) is 29.0 Å². The van der Waals surface area contributed by atoms with Crippen LogP contribution in [-0.2, 0) is 6.54 Å². The lowest BCUT2D eigenvalue weighted by atomic mass is 9.99. The van der Waals surface area contributed by atoms with Crippen LogP contribution in [0.5, 0.6) is 0 Å². The van der Waals surface area contributed by atoms with Crippen molar-refractivity contribution < 1.29 is 4.39 Å². The maximum atomic E-state index is 13.2. The normalized spacial score (nSPS) is 12.2. The lowest BCUT2D eigenvalue weighted by molar-refractivity contribution is 0.576. The molecule has 28 heavy (non-hydrogen) atoms. The number of nitrogens with one attached hydrogen (secondary N) is 1. The van der Waals surface area contributed by atoms with E-state index in [1.165, 1.54) is 28.5 Å². The van der Waals surface area contributed by atoms with E-state index in [9.17, 15) is 9.18 Å². The Morgan fingerprint density at radius 2 is 1.68 bits per heavy atom. The molecule has 0 bridgehead atoms. The summed E-state index contributed by atoms with van der Waals surface area (Å²) < 4.78 is 14.7. The summed E-state index contributed by atoms with van der Waals surface area (Å²) in [5.41, 5.74) is 2.73. The van der Waals surface area contributed by atoms with Crippen LogP contribution in [0.25, 0.3) is 16.5 Å². The number of aromatic nitrogens is 1. The summed E-state index contributed by atoms with van der Waals surface area (Å²) in [7, 11) is 0. The van der Waals surface area contributed by atoms with Gasteiger partial charge in [0.1, 0.15) is 5.82 Å². The fourth-order valence-corrected chi connectivity index (χ4v) is 3.45. The number of fused-ring (bicyclic) bond motifs is 1. The Morgan fingerprint density at radius 1 is 0.929 bits per heavy atom. The highest BCUT2D eigenvalue weighted by molar-refractivity contribution is 5.86. The zero-order valence-corrected chi connectivity index (χ0v) is 15.6. The second-order valence-electron chi connectivity index (χ2n) is 6.89. The number of pyridine rings is 1. The molecule has 0 aliphatic carbocycles. The molecular weight excluding hydrogens is 351 g/mol. The first-order chi connectivity index (χ1) is 13.6. The number of hydrogen-bond acceptors (Lipinski definition) is 2. The van der Waals surface area contributed by atoms with Gasteiger partial charge in [-0.3, -0.25) is 9.36 Å². The van der Waals surface area contributed by atoms with Crippen molar-refractivity contribution in [1.29, 1.82) is 0 Å². The molecule has 140 valence electrons. The van der Waals surface area contributed by atoms with Crippen LogP contribution in [0.1, 0.15) is 24.1 Å². The first-order valence-corrected chi connectivity index (χ1v) is 9.30. The van der Waals surface area contributed by atoms with Gasteiger partial charge in [0.15, 0.2) is 0 Å². The summed E-state index contributed by atoms with van der Waals surface area (Å²) >= 11 is 0. The number of rotatable bonds is 5. The predicted octanol–water partition coefficient (Wildman–Crippen LogP) is 4.98. The molecule has 0 saturated heterocycles. The highest BCUT2D eigenvalue weighted by Crippen LogP contribution is 2.24. The maximum absolute atomic E-state index is 13.2. The summed E-state index contributed by atoms with van der Waals surface area (Å²) in [6.07, 6.45) is 1.80. The number of halogens is 1. The fourth-order valence-electron chi connectivity index (χ4n) is 3.45. The molecule has 1 unspecified atom stereocenters. The molecule has 0 spiro atoms. The molecule has 1 heterocycles. The van der Waals surface area contributed by atoms with E-state index in [2.05, 4.69) is 48.6 Å². The number of hydrogen-bond donors (Lipinski definition) is 1. The average molecular weight is 372 g/mol. The van der Waals surface area contributed by atoms with Gasteiger partial charge in [-0.25, -0.2) is 4.39 Å². The van der Waals surface area contributed by atoms with Crippen molar-refractivity contribution >= 4 is 10.8 Å². The smallest absolute Gasteiger partial charge is 0.255 e. The second kappa shape index (κ2) is 7.79. The molecular formula is C24H21FN2O. The summed E-state index contributed by atoms with van der Waals surface area (Å²) in [5.74, 6) is -0.321. The highest BCUT2D eigenvalue weighted by Gasteiger charge is 2.09. The van der Waals surface area contributed by atoms with Gasteiger partial charge < -0.3 is 5.32 Å². The molecule has 1 N–H and O–H groups in total. The fraction of sp³-hybridized carbons (Fsp3) is 0.125. The zero-order chi connectivity index (χ0) is 19.5. The third-order valence-electron chi connectivity index (χ3n) is 4.98. The molecule has 0 saturated carbocycles. The van der Waals surface area contributed by atoms with E-state index in [-0.39, 0.29) is 17.4 Å². The number of benzene rings is 3. The minimum absolute atomic E-state index is 0.141. The van der Waals surface area contributed by atoms with Crippen LogP contribution in [0.15, 0.2) is 89.9 Å². The third kappa shape index (κ3) is 3.73. The Kier molecular flexibility index (Phi) is 5.04. The summed E-state index contributed by atoms with van der Waals surface area (Å²) in [5, 5.41) is 6.00. The lowest BCUT2D eigenvalue weighted by Crippen LogP contribution is -2.21. The summed E-state index contributed by atoms with van der Waals surface area (Å²) in [6, 6.07) is 24.1. The van der Waals surface area contributed by atoms with Crippen LogP contribution < -0.4 is 10.9 Å². The van der Waals surface area contributed by atoms with Crippen molar-refractivity contribution in [2.45, 2.75) is 19.5 Å². The van der Waals surface area contributed by atoms with E-state index in [0.29, 0.717) is 12.2 Å². The van der Waals surface area contributed by atoms with Gasteiger partial charge in [-0.05, 0) is 53.1 Å². The molecule has 0 radical (unpaired) electrons. The standard InChI is InChI=1S/C24H21FN2O/c1-17(22-8-4-6-19-5-2-3-7-23(19)22)26-15-18-9-14-24(28)27(16-18)21-12-10-20(25)11-13-21/h2-14,16-17,26H,15H2,1H3. The van der Waals surface area contributed by atoms with Gasteiger partial charge in [0, 0.05) is 30.5 Å². The number of nitrogens with zero attached hydrogens (tertiary/aromatic N) is 1. The van der Waals surface area contributed by atoms with Crippen molar-refractivity contribution in [2.24, 2.45) is 0 Å². The molecule has 4 heteroatoms. The van der Waals surface area contributed by atoms with Crippen molar-refractivity contribution in [3.8, 4) is 5.69 Å². The molecule has 4 aromatic rings. The molecule has 0 aliphatic rings. The lowest BCUT2D eigenvalue weighted by Gasteiger charge is -2.17. The van der Waals surface area contributed by atoms with Crippen molar-refractivity contribution in [3.63, 3.8) is 0 Å². The maximum Gasteiger partial charge on any atom is 0.255 e. The van der Waals surface area contributed by atoms with Gasteiger partial charge in [0.05, 0.1) is 0 Å². The van der Waals surface area contributed by atoms with E-state index in [0.717, 1.165) is 5.56 Å². The molecule has 3 aromatic carbocycles. The Balaban J connectivity index is 1.55. The molecule has 1 atom stereocenters.